The standard InChI is InChI=1S/C19H27NO3/c1-2-23-17(21)20-14-13-19(22)12-9-15-7-3-4-8-16(15)18(19)10-5-6-11-18/h3-4,7-8,22H,2,5-6,9-14H2,1H3,(H,20,21). The highest BCUT2D eigenvalue weighted by Gasteiger charge is 2.54. The van der Waals surface area contributed by atoms with E-state index in [9.17, 15) is 9.90 Å². The van der Waals surface area contributed by atoms with E-state index in [-0.39, 0.29) is 5.41 Å². The molecule has 0 bridgehead atoms. The van der Waals surface area contributed by atoms with Gasteiger partial charge in [-0.2, -0.15) is 0 Å². The maximum absolute atomic E-state index is 11.5. The topological polar surface area (TPSA) is 58.6 Å². The van der Waals surface area contributed by atoms with Crippen LogP contribution in [0.3, 0.4) is 0 Å². The normalized spacial score (nSPS) is 25.1. The summed E-state index contributed by atoms with van der Waals surface area (Å²) >= 11 is 0. The molecule has 23 heavy (non-hydrogen) atoms. The zero-order valence-electron chi connectivity index (χ0n) is 13.9. The number of carbonyl (C=O) groups excluding carboxylic acids is 1. The summed E-state index contributed by atoms with van der Waals surface area (Å²) < 4.78 is 4.91. The molecule has 1 aromatic rings. The van der Waals surface area contributed by atoms with Gasteiger partial charge in [0.15, 0.2) is 0 Å². The molecule has 2 N–H and O–H groups in total. The van der Waals surface area contributed by atoms with Crippen LogP contribution in [-0.4, -0.2) is 30.0 Å². The van der Waals surface area contributed by atoms with Crippen molar-refractivity contribution in [2.24, 2.45) is 0 Å². The summed E-state index contributed by atoms with van der Waals surface area (Å²) in [5.41, 5.74) is 1.84. The number of nitrogens with one attached hydrogen (secondary N) is 1. The number of hydrogen-bond donors (Lipinski definition) is 2. The lowest BCUT2D eigenvalue weighted by Gasteiger charge is -2.50. The van der Waals surface area contributed by atoms with Crippen molar-refractivity contribution in [3.8, 4) is 0 Å². The van der Waals surface area contributed by atoms with Gasteiger partial charge in [-0.1, -0.05) is 37.1 Å². The lowest BCUT2D eigenvalue weighted by atomic mass is 9.58. The summed E-state index contributed by atoms with van der Waals surface area (Å²) in [5.74, 6) is 0. The number of aryl methyl sites for hydroxylation is 1. The number of ether oxygens (including phenoxy) is 1. The smallest absolute Gasteiger partial charge is 0.407 e. The van der Waals surface area contributed by atoms with E-state index in [1.807, 2.05) is 0 Å². The average Bonchev–Trinajstić information content (AvgIpc) is 3.03. The molecule has 1 fully saturated rings. The van der Waals surface area contributed by atoms with Crippen molar-refractivity contribution in [1.29, 1.82) is 0 Å². The summed E-state index contributed by atoms with van der Waals surface area (Å²) in [5, 5.41) is 14.3. The van der Waals surface area contributed by atoms with Crippen molar-refractivity contribution in [1.82, 2.24) is 5.32 Å². The molecule has 1 saturated carbocycles. The van der Waals surface area contributed by atoms with Gasteiger partial charge in [0, 0.05) is 12.0 Å². The van der Waals surface area contributed by atoms with E-state index in [2.05, 4.69) is 29.6 Å². The second kappa shape index (κ2) is 6.52. The first-order chi connectivity index (χ1) is 11.1. The minimum absolute atomic E-state index is 0.141. The Hall–Kier alpha value is -1.55. The first kappa shape index (κ1) is 16.3. The van der Waals surface area contributed by atoms with Crippen LogP contribution in [0.4, 0.5) is 4.79 Å². The monoisotopic (exact) mass is 317 g/mol. The highest BCUT2D eigenvalue weighted by molar-refractivity contribution is 5.67. The minimum atomic E-state index is -0.739. The fourth-order valence-corrected chi connectivity index (χ4v) is 4.67. The number of fused-ring (bicyclic) bond motifs is 2. The van der Waals surface area contributed by atoms with Gasteiger partial charge >= 0.3 is 6.09 Å². The summed E-state index contributed by atoms with van der Waals surface area (Å²) in [4.78, 5) is 11.5. The molecule has 0 heterocycles. The minimum Gasteiger partial charge on any atom is -0.450 e. The molecule has 2 aliphatic rings. The maximum atomic E-state index is 11.5. The Labute approximate surface area is 138 Å². The van der Waals surface area contributed by atoms with Gasteiger partial charge in [0.1, 0.15) is 0 Å². The third-order valence-corrected chi connectivity index (χ3v) is 5.77. The van der Waals surface area contributed by atoms with Crippen LogP contribution >= 0.6 is 0 Å². The average molecular weight is 317 g/mol. The predicted octanol–water partition coefficient (Wildman–Crippen LogP) is 3.31. The second-order valence-corrected chi connectivity index (χ2v) is 6.88. The SMILES string of the molecule is CCOC(=O)NCCC1(O)CCc2ccccc2C12CCCC2. The van der Waals surface area contributed by atoms with Gasteiger partial charge in [-0.25, -0.2) is 4.79 Å². The van der Waals surface area contributed by atoms with Gasteiger partial charge in [-0.15, -0.1) is 0 Å². The molecule has 1 atom stereocenters. The number of carbonyl (C=O) groups is 1. The highest BCUT2D eigenvalue weighted by atomic mass is 16.5. The van der Waals surface area contributed by atoms with Crippen molar-refractivity contribution in [2.45, 2.75) is 62.9 Å². The van der Waals surface area contributed by atoms with E-state index in [0.29, 0.717) is 19.6 Å². The van der Waals surface area contributed by atoms with Crippen LogP contribution in [0.1, 0.15) is 56.6 Å². The fraction of sp³-hybridized carbons (Fsp3) is 0.632. The van der Waals surface area contributed by atoms with Crippen molar-refractivity contribution in [3.63, 3.8) is 0 Å². The molecule has 0 aliphatic heterocycles. The Morgan fingerprint density at radius 2 is 2.00 bits per heavy atom. The zero-order valence-corrected chi connectivity index (χ0v) is 13.9. The first-order valence-corrected chi connectivity index (χ1v) is 8.83. The molecule has 1 amide bonds. The molecule has 2 aliphatic carbocycles. The lowest BCUT2D eigenvalue weighted by molar-refractivity contribution is -0.0591. The fourth-order valence-electron chi connectivity index (χ4n) is 4.67. The molecule has 1 spiro atoms. The highest BCUT2D eigenvalue weighted by Crippen LogP contribution is 2.55. The molecule has 0 radical (unpaired) electrons. The number of hydrogen-bond acceptors (Lipinski definition) is 3. The van der Waals surface area contributed by atoms with Crippen LogP contribution in [0.5, 0.6) is 0 Å². The van der Waals surface area contributed by atoms with Crippen LogP contribution < -0.4 is 5.32 Å². The van der Waals surface area contributed by atoms with Gasteiger partial charge in [0.05, 0.1) is 12.2 Å². The quantitative estimate of drug-likeness (QED) is 0.895. The number of aliphatic hydroxyl groups is 1. The molecule has 1 aromatic carbocycles. The third-order valence-electron chi connectivity index (χ3n) is 5.77. The van der Waals surface area contributed by atoms with E-state index in [1.165, 1.54) is 24.0 Å². The summed E-state index contributed by atoms with van der Waals surface area (Å²) in [7, 11) is 0. The number of benzene rings is 1. The van der Waals surface area contributed by atoms with Crippen molar-refractivity contribution in [2.75, 3.05) is 13.2 Å². The van der Waals surface area contributed by atoms with Crippen LogP contribution in [0.15, 0.2) is 24.3 Å². The van der Waals surface area contributed by atoms with E-state index < -0.39 is 11.7 Å². The zero-order chi connectivity index (χ0) is 16.3. The predicted molar refractivity (Wildman–Crippen MR) is 89.5 cm³/mol. The van der Waals surface area contributed by atoms with E-state index in [4.69, 9.17) is 4.74 Å². The number of amides is 1. The van der Waals surface area contributed by atoms with Crippen LogP contribution in [0.2, 0.25) is 0 Å². The van der Waals surface area contributed by atoms with Crippen LogP contribution in [-0.2, 0) is 16.6 Å². The van der Waals surface area contributed by atoms with Crippen LogP contribution in [0, 0.1) is 0 Å². The molecule has 126 valence electrons. The molecule has 0 aromatic heterocycles. The Kier molecular flexibility index (Phi) is 4.62. The van der Waals surface area contributed by atoms with Gasteiger partial charge < -0.3 is 15.2 Å². The van der Waals surface area contributed by atoms with Gasteiger partial charge in [0.2, 0.25) is 0 Å². The maximum Gasteiger partial charge on any atom is 0.407 e. The summed E-state index contributed by atoms with van der Waals surface area (Å²) in [6.45, 7) is 2.62. The molecule has 0 saturated heterocycles. The van der Waals surface area contributed by atoms with Gasteiger partial charge in [0.25, 0.3) is 0 Å². The van der Waals surface area contributed by atoms with Crippen molar-refractivity contribution < 1.29 is 14.6 Å². The first-order valence-electron chi connectivity index (χ1n) is 8.83. The third kappa shape index (κ3) is 2.85. The number of rotatable bonds is 4. The number of alkyl carbamates (subject to hydrolysis) is 1. The molecule has 4 nitrogen and oxygen atoms in total. The van der Waals surface area contributed by atoms with Crippen LogP contribution in [0.25, 0.3) is 0 Å². The molecule has 1 unspecified atom stereocenters. The Morgan fingerprint density at radius 3 is 2.74 bits per heavy atom. The van der Waals surface area contributed by atoms with Gasteiger partial charge in [-0.3, -0.25) is 0 Å². The largest absolute Gasteiger partial charge is 0.450 e. The molecular weight excluding hydrogens is 290 g/mol. The van der Waals surface area contributed by atoms with E-state index in [1.54, 1.807) is 6.92 Å². The van der Waals surface area contributed by atoms with Crippen molar-refractivity contribution in [3.05, 3.63) is 35.4 Å². The lowest BCUT2D eigenvalue weighted by Crippen LogP contribution is -2.54. The van der Waals surface area contributed by atoms with Crippen molar-refractivity contribution >= 4 is 6.09 Å². The van der Waals surface area contributed by atoms with Gasteiger partial charge in [-0.05, 0) is 50.2 Å². The Balaban J connectivity index is 1.79. The summed E-state index contributed by atoms with van der Waals surface area (Å²) in [6, 6.07) is 8.57. The Morgan fingerprint density at radius 1 is 1.26 bits per heavy atom. The van der Waals surface area contributed by atoms with E-state index in [0.717, 1.165) is 25.7 Å². The summed E-state index contributed by atoms with van der Waals surface area (Å²) in [6.07, 6.45) is 6.29. The molecule has 4 heteroatoms. The Bertz CT molecular complexity index is 565. The molecule has 3 rings (SSSR count). The second-order valence-electron chi connectivity index (χ2n) is 6.88. The van der Waals surface area contributed by atoms with E-state index >= 15 is 0 Å². The molecular formula is C19H27NO3.